The molecule has 0 aromatic carbocycles. The first-order valence-electron chi connectivity index (χ1n) is 19.2. The molecule has 4 amide bonds. The van der Waals surface area contributed by atoms with E-state index in [1.807, 2.05) is 53.6 Å². The minimum Gasteiger partial charge on any atom is -0.346 e. The quantitative estimate of drug-likeness (QED) is 0.0454. The zero-order valence-corrected chi connectivity index (χ0v) is 36.3. The van der Waals surface area contributed by atoms with Crippen LogP contribution in [0.15, 0.2) is 12.7 Å². The highest BCUT2D eigenvalue weighted by atomic mass is 32.1. The average molecular weight is 758 g/mol. The molecule has 0 aromatic heterocycles. The number of amides is 4. The van der Waals surface area contributed by atoms with Crippen molar-refractivity contribution in [3.05, 3.63) is 12.7 Å². The lowest BCUT2D eigenvalue weighted by atomic mass is 9.86. The molecule has 2 fully saturated rings. The number of ketones is 1. The van der Waals surface area contributed by atoms with Crippen LogP contribution in [0, 0.1) is 16.7 Å². The van der Waals surface area contributed by atoms with Gasteiger partial charge in [0.15, 0.2) is 0 Å². The van der Waals surface area contributed by atoms with Crippen LogP contribution >= 0.6 is 12.8 Å². The smallest absolute Gasteiger partial charge is 0.315 e. The SMILES string of the molecule is C=CCNC(=O)C(=O)C(C)NC(=O)C1CCCN1C.CC.CC1CCC1.CCC.CN(S)CCNCC(NC(=O)NC(C=O)C(C)(C)C)C(C)(C)C. The summed E-state index contributed by atoms with van der Waals surface area (Å²) in [4.78, 5) is 60.5. The zero-order valence-electron chi connectivity index (χ0n) is 35.4. The van der Waals surface area contributed by atoms with E-state index < -0.39 is 23.8 Å². The predicted molar refractivity (Wildman–Crippen MR) is 221 cm³/mol. The van der Waals surface area contributed by atoms with Crippen molar-refractivity contribution in [1.29, 1.82) is 0 Å². The highest BCUT2D eigenvalue weighted by Crippen LogP contribution is 2.24. The number of likely N-dealkylation sites (tertiary alicyclic amines) is 1. The van der Waals surface area contributed by atoms with Gasteiger partial charge in [0.1, 0.15) is 6.29 Å². The van der Waals surface area contributed by atoms with Crippen molar-refractivity contribution in [3.63, 3.8) is 0 Å². The summed E-state index contributed by atoms with van der Waals surface area (Å²) in [6.07, 6.45) is 9.73. The molecule has 1 saturated carbocycles. The van der Waals surface area contributed by atoms with Gasteiger partial charge in [-0.2, -0.15) is 0 Å². The molecular formula is C39H79N7O5S. The molecule has 0 bridgehead atoms. The predicted octanol–water partition coefficient (Wildman–Crippen LogP) is 5.39. The van der Waals surface area contributed by atoms with Gasteiger partial charge < -0.3 is 31.4 Å². The summed E-state index contributed by atoms with van der Waals surface area (Å²) in [5.74, 6) is -0.476. The van der Waals surface area contributed by atoms with E-state index >= 15 is 0 Å². The Kier molecular flexibility index (Phi) is 31.0. The van der Waals surface area contributed by atoms with E-state index in [4.69, 9.17) is 0 Å². The lowest BCUT2D eigenvalue weighted by Crippen LogP contribution is -2.56. The van der Waals surface area contributed by atoms with Crippen LogP contribution in [0.5, 0.6) is 0 Å². The number of hydrogen-bond donors (Lipinski definition) is 6. The third kappa shape index (κ3) is 26.3. The maximum absolute atomic E-state index is 12.2. The maximum atomic E-state index is 12.2. The maximum Gasteiger partial charge on any atom is 0.315 e. The Bertz CT molecular complexity index is 1010. The summed E-state index contributed by atoms with van der Waals surface area (Å²) in [6, 6.07) is -1.91. The number of nitrogens with one attached hydrogen (secondary N) is 5. The minimum absolute atomic E-state index is 0.0556. The third-order valence-corrected chi connectivity index (χ3v) is 8.47. The lowest BCUT2D eigenvalue weighted by Gasteiger charge is -2.33. The van der Waals surface area contributed by atoms with Crippen molar-refractivity contribution < 1.29 is 24.0 Å². The molecule has 2 aliphatic rings. The topological polar surface area (TPSA) is 152 Å². The summed E-state index contributed by atoms with van der Waals surface area (Å²) >= 11 is 4.19. The van der Waals surface area contributed by atoms with E-state index in [0.29, 0.717) is 6.54 Å². The number of thiol groups is 1. The summed E-state index contributed by atoms with van der Waals surface area (Å²) in [6.45, 7) is 30.9. The van der Waals surface area contributed by atoms with Crippen LogP contribution in [0.4, 0.5) is 4.79 Å². The second-order valence-electron chi connectivity index (χ2n) is 15.6. The number of carbonyl (C=O) groups excluding carboxylic acids is 5. The number of nitrogens with zero attached hydrogens (tertiary/aromatic N) is 2. The van der Waals surface area contributed by atoms with Gasteiger partial charge in [0, 0.05) is 32.2 Å². The van der Waals surface area contributed by atoms with Crippen LogP contribution in [-0.2, 0) is 19.2 Å². The first kappa shape index (κ1) is 53.9. The second kappa shape index (κ2) is 29.9. The fourth-order valence-electron chi connectivity index (χ4n) is 4.53. The molecule has 1 heterocycles. The van der Waals surface area contributed by atoms with Crippen LogP contribution in [0.25, 0.3) is 0 Å². The number of likely N-dealkylation sites (N-methyl/N-ethyl adjacent to an activating group) is 2. The van der Waals surface area contributed by atoms with Crippen LogP contribution in [0.2, 0.25) is 0 Å². The fourth-order valence-corrected chi connectivity index (χ4v) is 4.63. The van der Waals surface area contributed by atoms with Crippen molar-refractivity contribution >= 4 is 42.7 Å². The van der Waals surface area contributed by atoms with E-state index in [-0.39, 0.29) is 41.4 Å². The first-order chi connectivity index (χ1) is 24.2. The van der Waals surface area contributed by atoms with Gasteiger partial charge >= 0.3 is 6.03 Å². The van der Waals surface area contributed by atoms with Crippen LogP contribution in [0.1, 0.15) is 122 Å². The van der Waals surface area contributed by atoms with Crippen molar-refractivity contribution in [2.75, 3.05) is 46.8 Å². The molecular weight excluding hydrogens is 679 g/mol. The molecule has 0 radical (unpaired) electrons. The van der Waals surface area contributed by atoms with Crippen LogP contribution in [-0.4, -0.2) is 110 Å². The molecule has 306 valence electrons. The summed E-state index contributed by atoms with van der Waals surface area (Å²) in [7, 11) is 3.77. The van der Waals surface area contributed by atoms with Crippen molar-refractivity contribution in [2.24, 2.45) is 16.7 Å². The molecule has 1 saturated heterocycles. The van der Waals surface area contributed by atoms with E-state index in [0.717, 1.165) is 44.7 Å². The Labute approximate surface area is 323 Å². The monoisotopic (exact) mass is 758 g/mol. The Morgan fingerprint density at radius 1 is 0.962 bits per heavy atom. The Balaban J connectivity index is -0.000000736. The van der Waals surface area contributed by atoms with Gasteiger partial charge in [0.2, 0.25) is 11.7 Å². The molecule has 0 spiro atoms. The molecule has 0 aromatic rings. The van der Waals surface area contributed by atoms with Crippen LogP contribution < -0.4 is 26.6 Å². The zero-order chi connectivity index (χ0) is 41.1. The van der Waals surface area contributed by atoms with Gasteiger partial charge in [-0.05, 0) is 57.2 Å². The highest BCUT2D eigenvalue weighted by molar-refractivity contribution is 7.77. The number of rotatable bonds is 14. The molecule has 5 N–H and O–H groups in total. The number of Topliss-reactive ketones (excluding diaryl/α,β-unsaturated/α-hetero) is 1. The van der Waals surface area contributed by atoms with Crippen molar-refractivity contribution in [1.82, 2.24) is 35.8 Å². The Hall–Kier alpha value is -2.48. The number of aldehydes is 1. The standard InChI is InChI=1S/C16H34N4O2S.C13H21N3O3.C5H10.C3H8.C2H6/c1-15(2,3)12(10-17-8-9-20(7)23)18-14(22)19-13(11-21)16(4,5)6;1-4-7-14-13(19)11(17)9(2)15-12(18)10-6-5-8-16(10)3;1-5-3-2-4-5;1-3-2;1-2/h11-13,17,23H,8-10H2,1-7H3,(H2,18,19,22);4,9-10H,1,5-8H2,2-3H3,(H,14,19)(H,15,18);5H,2-4H2,1H3;3H2,1-2H3;1-2H3. The Morgan fingerprint density at radius 3 is 1.87 bits per heavy atom. The molecule has 2 rings (SSSR count). The largest absolute Gasteiger partial charge is 0.346 e. The lowest BCUT2D eigenvalue weighted by molar-refractivity contribution is -0.140. The van der Waals surface area contributed by atoms with Gasteiger partial charge in [-0.1, -0.05) is 121 Å². The van der Waals surface area contributed by atoms with Gasteiger partial charge in [0.25, 0.3) is 5.91 Å². The normalized spacial score (nSPS) is 17.2. The number of carbonyl (C=O) groups is 5. The van der Waals surface area contributed by atoms with E-state index in [1.54, 1.807) is 4.31 Å². The molecule has 4 atom stereocenters. The second-order valence-corrected chi connectivity index (χ2v) is 16.3. The number of urea groups is 1. The highest BCUT2D eigenvalue weighted by Gasteiger charge is 2.31. The summed E-state index contributed by atoms with van der Waals surface area (Å²) in [5.41, 5.74) is -0.415. The van der Waals surface area contributed by atoms with Gasteiger partial charge in [-0.25, -0.2) is 4.79 Å². The van der Waals surface area contributed by atoms with E-state index in [9.17, 15) is 24.0 Å². The van der Waals surface area contributed by atoms with E-state index in [1.165, 1.54) is 38.7 Å². The molecule has 52 heavy (non-hydrogen) atoms. The van der Waals surface area contributed by atoms with Crippen molar-refractivity contribution in [2.45, 2.75) is 146 Å². The third-order valence-electron chi connectivity index (χ3n) is 8.27. The van der Waals surface area contributed by atoms with Gasteiger partial charge in [0.05, 0.1) is 18.1 Å². The molecule has 1 aliphatic heterocycles. The molecule has 13 heteroatoms. The average Bonchev–Trinajstić information content (AvgIpc) is 3.49. The fraction of sp³-hybridized carbons (Fsp3) is 0.821. The number of hydrogen-bond acceptors (Lipinski definition) is 9. The first-order valence-corrected chi connectivity index (χ1v) is 19.6. The van der Waals surface area contributed by atoms with Gasteiger partial charge in [-0.3, -0.25) is 23.6 Å². The summed E-state index contributed by atoms with van der Waals surface area (Å²) in [5, 5.41) is 14.0. The van der Waals surface area contributed by atoms with E-state index in [2.05, 4.69) is 87.5 Å². The van der Waals surface area contributed by atoms with Gasteiger partial charge in [-0.15, -0.1) is 6.58 Å². The molecule has 4 unspecified atom stereocenters. The Morgan fingerprint density at radius 2 is 1.50 bits per heavy atom. The minimum atomic E-state index is -0.814. The molecule has 12 nitrogen and oxygen atoms in total. The van der Waals surface area contributed by atoms with Crippen LogP contribution in [0.3, 0.4) is 0 Å². The summed E-state index contributed by atoms with van der Waals surface area (Å²) < 4.78 is 1.80. The molecule has 1 aliphatic carbocycles. The van der Waals surface area contributed by atoms with Crippen molar-refractivity contribution in [3.8, 4) is 0 Å².